The molecule has 0 bridgehead atoms. The molecule has 2 rings (SSSR count). The summed E-state index contributed by atoms with van der Waals surface area (Å²) in [4.78, 5) is 27.4. The quantitative estimate of drug-likeness (QED) is 0.520. The van der Waals surface area contributed by atoms with Crippen LogP contribution in [0, 0.1) is 0 Å². The van der Waals surface area contributed by atoms with Crippen molar-refractivity contribution in [1.29, 1.82) is 0 Å². The van der Waals surface area contributed by atoms with Gasteiger partial charge in [-0.25, -0.2) is 0 Å². The fraction of sp³-hybridized carbons (Fsp3) is 0.391. The molecule has 1 N–H and O–H groups in total. The number of carbonyl (C=O) groups is 2. The van der Waals surface area contributed by atoms with E-state index >= 15 is 0 Å². The third-order valence-electron chi connectivity index (χ3n) is 4.75. The molecule has 6 nitrogen and oxygen atoms in total. The zero-order valence-electron chi connectivity index (χ0n) is 18.0. The number of carbonyl (C=O) groups excluding carboxylic acids is 2. The van der Waals surface area contributed by atoms with Gasteiger partial charge in [0.05, 0.1) is 7.11 Å². The van der Waals surface area contributed by atoms with Crippen LogP contribution < -0.4 is 14.8 Å². The van der Waals surface area contributed by atoms with E-state index in [0.717, 1.165) is 6.42 Å². The van der Waals surface area contributed by atoms with Gasteiger partial charge in [0.2, 0.25) is 5.91 Å². The lowest BCUT2D eigenvalue weighted by molar-refractivity contribution is -0.143. The van der Waals surface area contributed by atoms with Crippen LogP contribution in [0.3, 0.4) is 0 Å². The van der Waals surface area contributed by atoms with E-state index in [2.05, 4.69) is 5.32 Å². The highest BCUT2D eigenvalue weighted by Crippen LogP contribution is 2.27. The minimum absolute atomic E-state index is 0.0986. The number of amides is 2. The summed E-state index contributed by atoms with van der Waals surface area (Å²) in [5.74, 6) is 0.649. The fourth-order valence-electron chi connectivity index (χ4n) is 3.04. The summed E-state index contributed by atoms with van der Waals surface area (Å²) >= 11 is 12.6. The first kappa shape index (κ1) is 24.8. The van der Waals surface area contributed by atoms with Gasteiger partial charge in [0.1, 0.15) is 17.5 Å². The van der Waals surface area contributed by atoms with Gasteiger partial charge in [-0.15, -0.1) is 0 Å². The van der Waals surface area contributed by atoms with Gasteiger partial charge < -0.3 is 19.7 Å². The minimum atomic E-state index is -0.675. The van der Waals surface area contributed by atoms with E-state index in [1.54, 1.807) is 49.6 Å². The number of benzene rings is 2. The molecule has 0 heterocycles. The van der Waals surface area contributed by atoms with Crippen LogP contribution in [-0.4, -0.2) is 43.0 Å². The lowest BCUT2D eigenvalue weighted by Crippen LogP contribution is -2.50. The Labute approximate surface area is 193 Å². The Morgan fingerprint density at radius 3 is 2.19 bits per heavy atom. The van der Waals surface area contributed by atoms with E-state index in [9.17, 15) is 9.59 Å². The molecule has 0 fully saturated rings. The Morgan fingerprint density at radius 1 is 1.03 bits per heavy atom. The molecule has 8 heteroatoms. The van der Waals surface area contributed by atoms with Crippen LogP contribution >= 0.6 is 23.2 Å². The van der Waals surface area contributed by atoms with Crippen LogP contribution in [-0.2, 0) is 16.1 Å². The standard InChI is InChI=1S/C23H28Cl2N2O4/c1-4-13-26-23(29)21(5-2)27(14-18-19(24)7-6-8-20(18)25)22(28)15-31-17-11-9-16(30-3)10-12-17/h6-12,21H,4-5,13-15H2,1-3H3,(H,26,29). The van der Waals surface area contributed by atoms with E-state index in [1.807, 2.05) is 13.8 Å². The predicted molar refractivity (Wildman–Crippen MR) is 123 cm³/mol. The summed E-state index contributed by atoms with van der Waals surface area (Å²) < 4.78 is 10.8. The molecule has 2 amide bonds. The Morgan fingerprint density at radius 2 is 1.65 bits per heavy atom. The number of rotatable bonds is 11. The lowest BCUT2D eigenvalue weighted by atomic mass is 10.1. The van der Waals surface area contributed by atoms with Crippen molar-refractivity contribution in [2.24, 2.45) is 0 Å². The van der Waals surface area contributed by atoms with Gasteiger partial charge in [0, 0.05) is 28.7 Å². The van der Waals surface area contributed by atoms with E-state index in [-0.39, 0.29) is 25.0 Å². The van der Waals surface area contributed by atoms with Crippen molar-refractivity contribution < 1.29 is 19.1 Å². The van der Waals surface area contributed by atoms with Gasteiger partial charge >= 0.3 is 0 Å². The molecule has 168 valence electrons. The highest BCUT2D eigenvalue weighted by Gasteiger charge is 2.29. The molecule has 0 aliphatic carbocycles. The van der Waals surface area contributed by atoms with E-state index in [4.69, 9.17) is 32.7 Å². The van der Waals surface area contributed by atoms with Gasteiger partial charge in [-0.2, -0.15) is 0 Å². The van der Waals surface area contributed by atoms with Gasteiger partial charge in [0.15, 0.2) is 6.61 Å². The molecule has 0 radical (unpaired) electrons. The second kappa shape index (κ2) is 12.4. The second-order valence-electron chi connectivity index (χ2n) is 6.90. The second-order valence-corrected chi connectivity index (χ2v) is 7.72. The van der Waals surface area contributed by atoms with E-state index in [1.165, 1.54) is 4.90 Å². The summed E-state index contributed by atoms with van der Waals surface area (Å²) in [5, 5.41) is 3.74. The lowest BCUT2D eigenvalue weighted by Gasteiger charge is -2.31. The van der Waals surface area contributed by atoms with E-state index in [0.29, 0.717) is 40.1 Å². The van der Waals surface area contributed by atoms with Gasteiger partial charge in [0.25, 0.3) is 5.91 Å². The summed E-state index contributed by atoms with van der Waals surface area (Å²) in [6.07, 6.45) is 1.24. The third-order valence-corrected chi connectivity index (χ3v) is 5.46. The number of methoxy groups -OCH3 is 1. The molecule has 31 heavy (non-hydrogen) atoms. The smallest absolute Gasteiger partial charge is 0.261 e. The maximum Gasteiger partial charge on any atom is 0.261 e. The van der Waals surface area contributed by atoms with Crippen molar-refractivity contribution in [2.75, 3.05) is 20.3 Å². The Balaban J connectivity index is 2.23. The molecule has 0 saturated heterocycles. The first-order chi connectivity index (χ1) is 14.9. The number of hydrogen-bond acceptors (Lipinski definition) is 4. The van der Waals surface area contributed by atoms with Crippen molar-refractivity contribution in [2.45, 2.75) is 39.3 Å². The maximum absolute atomic E-state index is 13.2. The molecule has 0 aromatic heterocycles. The summed E-state index contributed by atoms with van der Waals surface area (Å²) in [6.45, 7) is 4.23. The van der Waals surface area contributed by atoms with Crippen LogP contribution in [0.4, 0.5) is 0 Å². The molecule has 0 spiro atoms. The molecular weight excluding hydrogens is 439 g/mol. The van der Waals surface area contributed by atoms with E-state index < -0.39 is 6.04 Å². The van der Waals surface area contributed by atoms with Crippen molar-refractivity contribution >= 4 is 35.0 Å². The van der Waals surface area contributed by atoms with Crippen molar-refractivity contribution in [3.05, 3.63) is 58.1 Å². The highest BCUT2D eigenvalue weighted by molar-refractivity contribution is 6.36. The Bertz CT molecular complexity index is 854. The average Bonchev–Trinajstić information content (AvgIpc) is 2.78. The molecule has 1 atom stereocenters. The summed E-state index contributed by atoms with van der Waals surface area (Å²) in [7, 11) is 1.57. The third kappa shape index (κ3) is 7.04. The zero-order chi connectivity index (χ0) is 22.8. The summed E-state index contributed by atoms with van der Waals surface area (Å²) in [6, 6.07) is 11.4. The largest absolute Gasteiger partial charge is 0.497 e. The van der Waals surface area contributed by atoms with Crippen molar-refractivity contribution in [3.8, 4) is 11.5 Å². The molecule has 1 unspecified atom stereocenters. The van der Waals surface area contributed by atoms with Crippen LogP contribution in [0.2, 0.25) is 10.0 Å². The zero-order valence-corrected chi connectivity index (χ0v) is 19.5. The number of ether oxygens (including phenoxy) is 2. The maximum atomic E-state index is 13.2. The van der Waals surface area contributed by atoms with Crippen molar-refractivity contribution in [3.63, 3.8) is 0 Å². The van der Waals surface area contributed by atoms with Crippen LogP contribution in [0.1, 0.15) is 32.3 Å². The molecule has 0 aliphatic heterocycles. The highest BCUT2D eigenvalue weighted by atomic mass is 35.5. The van der Waals surface area contributed by atoms with Crippen LogP contribution in [0.15, 0.2) is 42.5 Å². The molecule has 2 aromatic rings. The number of hydrogen-bond donors (Lipinski definition) is 1. The minimum Gasteiger partial charge on any atom is -0.497 e. The van der Waals surface area contributed by atoms with Gasteiger partial charge in [-0.05, 0) is 49.2 Å². The molecule has 0 saturated carbocycles. The SMILES string of the molecule is CCCNC(=O)C(CC)N(Cc1c(Cl)cccc1Cl)C(=O)COc1ccc(OC)cc1. The predicted octanol–water partition coefficient (Wildman–Crippen LogP) is 4.71. The van der Waals surface area contributed by atoms with Crippen molar-refractivity contribution in [1.82, 2.24) is 10.2 Å². The normalized spacial score (nSPS) is 11.5. The molecule has 2 aromatic carbocycles. The number of nitrogens with zero attached hydrogens (tertiary/aromatic N) is 1. The van der Waals surface area contributed by atoms with Crippen LogP contribution in [0.5, 0.6) is 11.5 Å². The Hall–Kier alpha value is -2.44. The number of nitrogens with one attached hydrogen (secondary N) is 1. The van der Waals surface area contributed by atoms with Gasteiger partial charge in [-0.1, -0.05) is 43.1 Å². The first-order valence-corrected chi connectivity index (χ1v) is 10.9. The van der Waals surface area contributed by atoms with Crippen LogP contribution in [0.25, 0.3) is 0 Å². The average molecular weight is 467 g/mol. The van der Waals surface area contributed by atoms with Gasteiger partial charge in [-0.3, -0.25) is 9.59 Å². The summed E-state index contributed by atoms with van der Waals surface area (Å²) in [5.41, 5.74) is 0.588. The fourth-order valence-corrected chi connectivity index (χ4v) is 3.56. The first-order valence-electron chi connectivity index (χ1n) is 10.2. The molecular formula is C23H28Cl2N2O4. The molecule has 0 aliphatic rings. The number of halogens is 2. The topological polar surface area (TPSA) is 67.9 Å². The monoisotopic (exact) mass is 466 g/mol. The Kier molecular flexibility index (Phi) is 9.95.